The van der Waals surface area contributed by atoms with Gasteiger partial charge in [-0.1, -0.05) is 26.0 Å². The van der Waals surface area contributed by atoms with Gasteiger partial charge in [0.05, 0.1) is 4.47 Å². The lowest BCUT2D eigenvalue weighted by Crippen LogP contribution is -2.31. The van der Waals surface area contributed by atoms with Crippen molar-refractivity contribution in [2.75, 3.05) is 6.54 Å². The quantitative estimate of drug-likeness (QED) is 0.890. The van der Waals surface area contributed by atoms with Gasteiger partial charge in [-0.3, -0.25) is 4.90 Å². The molecule has 0 radical (unpaired) electrons. The van der Waals surface area contributed by atoms with E-state index in [1.165, 1.54) is 0 Å². The molecule has 3 heteroatoms. The number of hydrogen-bond acceptors (Lipinski definition) is 2. The average molecular weight is 286 g/mol. The molecule has 90 valence electrons. The monoisotopic (exact) mass is 285 g/mol. The number of para-hydroxylation sites is 1. The van der Waals surface area contributed by atoms with Crippen LogP contribution in [0.15, 0.2) is 22.7 Å². The minimum absolute atomic E-state index is 0.365. The zero-order valence-corrected chi connectivity index (χ0v) is 11.8. The predicted octanol–water partition coefficient (Wildman–Crippen LogP) is 3.78. The van der Waals surface area contributed by atoms with Crippen molar-refractivity contribution in [2.45, 2.75) is 39.8 Å². The number of aromatic hydroxyl groups is 1. The Morgan fingerprint density at radius 3 is 2.62 bits per heavy atom. The maximum absolute atomic E-state index is 9.92. The van der Waals surface area contributed by atoms with Crippen molar-refractivity contribution in [1.29, 1.82) is 0 Å². The molecule has 0 saturated carbocycles. The van der Waals surface area contributed by atoms with Crippen molar-refractivity contribution in [1.82, 2.24) is 4.90 Å². The standard InChI is InChI=1S/C13H20BrNO/c1-4-10(3)15(5-2)9-11-7-6-8-12(14)13(11)16/h6-8,10,16H,4-5,9H2,1-3H3. The molecule has 0 fully saturated rings. The Bertz CT molecular complexity index is 341. The summed E-state index contributed by atoms with van der Waals surface area (Å²) in [5, 5.41) is 9.92. The van der Waals surface area contributed by atoms with Gasteiger partial charge < -0.3 is 5.11 Å². The van der Waals surface area contributed by atoms with Crippen LogP contribution in [0.3, 0.4) is 0 Å². The molecule has 0 aromatic heterocycles. The summed E-state index contributed by atoms with van der Waals surface area (Å²) in [6.07, 6.45) is 1.13. The van der Waals surface area contributed by atoms with Gasteiger partial charge >= 0.3 is 0 Å². The third kappa shape index (κ3) is 3.22. The van der Waals surface area contributed by atoms with E-state index >= 15 is 0 Å². The maximum atomic E-state index is 9.92. The zero-order chi connectivity index (χ0) is 12.1. The van der Waals surface area contributed by atoms with Gasteiger partial charge in [0.25, 0.3) is 0 Å². The van der Waals surface area contributed by atoms with Crippen LogP contribution in [0.4, 0.5) is 0 Å². The van der Waals surface area contributed by atoms with Gasteiger partial charge in [0.15, 0.2) is 0 Å². The molecule has 1 aromatic carbocycles. The van der Waals surface area contributed by atoms with Crippen molar-refractivity contribution >= 4 is 15.9 Å². The Morgan fingerprint density at radius 2 is 2.06 bits per heavy atom. The highest BCUT2D eigenvalue weighted by Crippen LogP contribution is 2.28. The summed E-state index contributed by atoms with van der Waals surface area (Å²) in [6, 6.07) is 6.34. The number of hydrogen-bond donors (Lipinski definition) is 1. The van der Waals surface area contributed by atoms with E-state index in [0.717, 1.165) is 29.5 Å². The van der Waals surface area contributed by atoms with E-state index < -0.39 is 0 Å². The molecule has 1 rings (SSSR count). The van der Waals surface area contributed by atoms with Crippen molar-refractivity contribution in [3.63, 3.8) is 0 Å². The lowest BCUT2D eigenvalue weighted by molar-refractivity contribution is 0.204. The fourth-order valence-electron chi connectivity index (χ4n) is 1.74. The van der Waals surface area contributed by atoms with Crippen LogP contribution in [-0.4, -0.2) is 22.6 Å². The molecule has 0 spiro atoms. The van der Waals surface area contributed by atoms with Crippen LogP contribution in [-0.2, 0) is 6.54 Å². The molecule has 16 heavy (non-hydrogen) atoms. The summed E-state index contributed by atoms with van der Waals surface area (Å²) in [5.74, 6) is 0.365. The summed E-state index contributed by atoms with van der Waals surface area (Å²) < 4.78 is 0.769. The molecule has 0 amide bonds. The first kappa shape index (κ1) is 13.5. The van der Waals surface area contributed by atoms with Gasteiger partial charge in [0.2, 0.25) is 0 Å². The molecule has 2 nitrogen and oxygen atoms in total. The number of phenolic OH excluding ortho intramolecular Hbond substituents is 1. The highest BCUT2D eigenvalue weighted by Gasteiger charge is 2.13. The molecular weight excluding hydrogens is 266 g/mol. The second kappa shape index (κ2) is 6.26. The highest BCUT2D eigenvalue weighted by molar-refractivity contribution is 9.10. The Morgan fingerprint density at radius 1 is 1.38 bits per heavy atom. The number of benzene rings is 1. The van der Waals surface area contributed by atoms with Crippen LogP contribution >= 0.6 is 15.9 Å². The number of halogens is 1. The van der Waals surface area contributed by atoms with E-state index in [-0.39, 0.29) is 0 Å². The van der Waals surface area contributed by atoms with E-state index in [9.17, 15) is 5.11 Å². The summed E-state index contributed by atoms with van der Waals surface area (Å²) >= 11 is 3.34. The van der Waals surface area contributed by atoms with Crippen LogP contribution in [0, 0.1) is 0 Å². The van der Waals surface area contributed by atoms with Crippen LogP contribution in [0.1, 0.15) is 32.8 Å². The first-order valence-electron chi connectivity index (χ1n) is 5.80. The zero-order valence-electron chi connectivity index (χ0n) is 10.2. The lowest BCUT2D eigenvalue weighted by atomic mass is 10.1. The van der Waals surface area contributed by atoms with Gasteiger partial charge in [-0.2, -0.15) is 0 Å². The third-order valence-corrected chi connectivity index (χ3v) is 3.70. The van der Waals surface area contributed by atoms with Crippen LogP contribution < -0.4 is 0 Å². The fraction of sp³-hybridized carbons (Fsp3) is 0.538. The van der Waals surface area contributed by atoms with Crippen molar-refractivity contribution in [3.05, 3.63) is 28.2 Å². The number of nitrogens with zero attached hydrogens (tertiary/aromatic N) is 1. The molecule has 1 aromatic rings. The largest absolute Gasteiger partial charge is 0.506 e. The predicted molar refractivity (Wildman–Crippen MR) is 71.6 cm³/mol. The lowest BCUT2D eigenvalue weighted by Gasteiger charge is -2.27. The SMILES string of the molecule is CCC(C)N(CC)Cc1cccc(Br)c1O. The van der Waals surface area contributed by atoms with E-state index in [0.29, 0.717) is 11.8 Å². The van der Waals surface area contributed by atoms with Gasteiger partial charge in [0, 0.05) is 18.2 Å². The number of rotatable bonds is 5. The Hall–Kier alpha value is -0.540. The second-order valence-corrected chi connectivity index (χ2v) is 4.92. The third-order valence-electron chi connectivity index (χ3n) is 3.06. The van der Waals surface area contributed by atoms with Gasteiger partial charge in [-0.05, 0) is 41.9 Å². The molecule has 1 N–H and O–H groups in total. The average Bonchev–Trinajstić information content (AvgIpc) is 2.30. The minimum atomic E-state index is 0.365. The summed E-state index contributed by atoms with van der Waals surface area (Å²) in [6.45, 7) is 8.37. The van der Waals surface area contributed by atoms with Crippen molar-refractivity contribution in [2.24, 2.45) is 0 Å². The Kier molecular flexibility index (Phi) is 5.29. The maximum Gasteiger partial charge on any atom is 0.134 e. The molecule has 0 saturated heterocycles. The molecule has 0 aliphatic rings. The van der Waals surface area contributed by atoms with Crippen molar-refractivity contribution < 1.29 is 5.11 Å². The van der Waals surface area contributed by atoms with Gasteiger partial charge in [-0.15, -0.1) is 0 Å². The smallest absolute Gasteiger partial charge is 0.134 e. The van der Waals surface area contributed by atoms with Crippen molar-refractivity contribution in [3.8, 4) is 5.75 Å². The molecule has 0 heterocycles. The first-order chi connectivity index (χ1) is 7.60. The van der Waals surface area contributed by atoms with Gasteiger partial charge in [0.1, 0.15) is 5.75 Å². The molecule has 1 atom stereocenters. The summed E-state index contributed by atoms with van der Waals surface area (Å²) in [7, 11) is 0. The molecule has 1 unspecified atom stereocenters. The first-order valence-corrected chi connectivity index (χ1v) is 6.59. The summed E-state index contributed by atoms with van der Waals surface area (Å²) in [5.41, 5.74) is 0.983. The van der Waals surface area contributed by atoms with E-state index in [1.807, 2.05) is 18.2 Å². The summed E-state index contributed by atoms with van der Waals surface area (Å²) in [4.78, 5) is 2.36. The molecule has 0 bridgehead atoms. The second-order valence-electron chi connectivity index (χ2n) is 4.07. The molecule has 0 aliphatic carbocycles. The minimum Gasteiger partial charge on any atom is -0.506 e. The normalized spacial score (nSPS) is 13.1. The molecule has 0 aliphatic heterocycles. The fourth-order valence-corrected chi connectivity index (χ4v) is 2.15. The molecular formula is C13H20BrNO. The highest BCUT2D eigenvalue weighted by atomic mass is 79.9. The Balaban J connectivity index is 2.82. The van der Waals surface area contributed by atoms with E-state index in [4.69, 9.17) is 0 Å². The van der Waals surface area contributed by atoms with E-state index in [1.54, 1.807) is 0 Å². The van der Waals surface area contributed by atoms with Gasteiger partial charge in [-0.25, -0.2) is 0 Å². The van der Waals surface area contributed by atoms with Crippen LogP contribution in [0.5, 0.6) is 5.75 Å². The Labute approximate surface area is 106 Å². The van der Waals surface area contributed by atoms with Crippen LogP contribution in [0.25, 0.3) is 0 Å². The van der Waals surface area contributed by atoms with Crippen LogP contribution in [0.2, 0.25) is 0 Å². The van der Waals surface area contributed by atoms with E-state index in [2.05, 4.69) is 41.6 Å². The number of phenols is 1. The topological polar surface area (TPSA) is 23.5 Å².